The smallest absolute Gasteiger partial charge is 0.404 e. The van der Waals surface area contributed by atoms with E-state index in [0.717, 1.165) is 11.1 Å². The summed E-state index contributed by atoms with van der Waals surface area (Å²) < 4.78 is 0. The lowest BCUT2D eigenvalue weighted by molar-refractivity contribution is 0.117. The third kappa shape index (κ3) is 7.04. The van der Waals surface area contributed by atoms with Gasteiger partial charge < -0.3 is 20.8 Å². The Bertz CT molecular complexity index is 726. The Hall–Kier alpha value is -2.37. The number of hydrogen-bond donors (Lipinski definition) is 4. The van der Waals surface area contributed by atoms with Crippen molar-refractivity contribution in [3.05, 3.63) is 71.3 Å². The summed E-state index contributed by atoms with van der Waals surface area (Å²) in [5, 5.41) is 25.2. The minimum absolute atomic E-state index is 0.0850. The predicted octanol–water partition coefficient (Wildman–Crippen LogP) is 3.31. The second kappa shape index (κ2) is 9.53. The Balaban J connectivity index is 1.93. The maximum absolute atomic E-state index is 11.1. The first-order chi connectivity index (χ1) is 12.8. The van der Waals surface area contributed by atoms with Crippen LogP contribution in [0.3, 0.4) is 0 Å². The van der Waals surface area contributed by atoms with Gasteiger partial charge in [0.05, 0.1) is 12.1 Å². The molecule has 1 amide bonds. The molecule has 2 aromatic carbocycles. The number of nitrogens with one attached hydrogen (secondary N) is 2. The molecule has 0 aliphatic rings. The van der Waals surface area contributed by atoms with E-state index in [9.17, 15) is 9.90 Å². The van der Waals surface area contributed by atoms with E-state index in [-0.39, 0.29) is 5.41 Å². The van der Waals surface area contributed by atoms with Gasteiger partial charge >= 0.3 is 6.09 Å². The zero-order chi connectivity index (χ0) is 19.9. The van der Waals surface area contributed by atoms with Gasteiger partial charge in [0.1, 0.15) is 0 Å². The highest BCUT2D eigenvalue weighted by atomic mass is 16.4. The van der Waals surface area contributed by atoms with Crippen LogP contribution in [0.2, 0.25) is 0 Å². The number of carbonyl (C=O) groups is 1. The summed E-state index contributed by atoms with van der Waals surface area (Å²) in [6, 6.07) is 17.4. The van der Waals surface area contributed by atoms with Crippen molar-refractivity contribution in [2.75, 3.05) is 6.54 Å². The summed E-state index contributed by atoms with van der Waals surface area (Å²) in [7, 11) is 0. The van der Waals surface area contributed by atoms with Gasteiger partial charge in [-0.3, -0.25) is 0 Å². The summed E-state index contributed by atoms with van der Waals surface area (Å²) in [6.07, 6.45) is -1.52. The average molecular weight is 370 g/mol. The molecule has 0 bridgehead atoms. The van der Waals surface area contributed by atoms with Crippen molar-refractivity contribution in [3.8, 4) is 0 Å². The van der Waals surface area contributed by atoms with Crippen LogP contribution >= 0.6 is 0 Å². The molecule has 4 N–H and O–H groups in total. The number of aliphatic hydroxyl groups is 1. The molecule has 2 aromatic rings. The van der Waals surface area contributed by atoms with Crippen molar-refractivity contribution >= 4 is 6.09 Å². The molecule has 0 aromatic heterocycles. The molecule has 0 fully saturated rings. The van der Waals surface area contributed by atoms with Crippen LogP contribution in [0.25, 0.3) is 0 Å². The molecule has 2 rings (SSSR count). The molecule has 0 spiro atoms. The SMILES string of the molecule is CC(C)(C)c1cccc(CNC[C@@H](O)[C@H](Cc2ccccc2)NC(=O)O)c1. The van der Waals surface area contributed by atoms with Gasteiger partial charge in [-0.15, -0.1) is 0 Å². The van der Waals surface area contributed by atoms with Crippen LogP contribution in [0.1, 0.15) is 37.5 Å². The number of rotatable bonds is 8. The summed E-state index contributed by atoms with van der Waals surface area (Å²) in [4.78, 5) is 11.1. The monoisotopic (exact) mass is 370 g/mol. The van der Waals surface area contributed by atoms with E-state index >= 15 is 0 Å². The van der Waals surface area contributed by atoms with Gasteiger partial charge in [-0.2, -0.15) is 0 Å². The largest absolute Gasteiger partial charge is 0.465 e. The van der Waals surface area contributed by atoms with E-state index in [4.69, 9.17) is 5.11 Å². The van der Waals surface area contributed by atoms with Gasteiger partial charge in [-0.25, -0.2) is 4.79 Å². The molecule has 0 saturated heterocycles. The highest BCUT2D eigenvalue weighted by Gasteiger charge is 2.21. The minimum atomic E-state index is -1.13. The molecule has 0 heterocycles. The van der Waals surface area contributed by atoms with E-state index in [0.29, 0.717) is 19.5 Å². The molecular weight excluding hydrogens is 340 g/mol. The third-order valence-corrected chi connectivity index (χ3v) is 4.55. The number of carboxylic acid groups (broad SMARTS) is 1. The first-order valence-electron chi connectivity index (χ1n) is 9.27. The fourth-order valence-electron chi connectivity index (χ4n) is 2.96. The van der Waals surface area contributed by atoms with Gasteiger partial charge in [-0.1, -0.05) is 75.4 Å². The third-order valence-electron chi connectivity index (χ3n) is 4.55. The zero-order valence-corrected chi connectivity index (χ0v) is 16.3. The van der Waals surface area contributed by atoms with E-state index in [1.165, 1.54) is 5.56 Å². The van der Waals surface area contributed by atoms with Gasteiger partial charge in [0, 0.05) is 13.1 Å². The summed E-state index contributed by atoms with van der Waals surface area (Å²) >= 11 is 0. The molecule has 0 aliphatic carbocycles. The Morgan fingerprint density at radius 3 is 2.33 bits per heavy atom. The van der Waals surface area contributed by atoms with Crippen LogP contribution in [0.4, 0.5) is 4.79 Å². The van der Waals surface area contributed by atoms with Crippen LogP contribution in [-0.4, -0.2) is 35.0 Å². The Morgan fingerprint density at radius 2 is 1.70 bits per heavy atom. The second-order valence-corrected chi connectivity index (χ2v) is 7.89. The molecule has 0 unspecified atom stereocenters. The summed E-state index contributed by atoms with van der Waals surface area (Å²) in [5.74, 6) is 0. The van der Waals surface area contributed by atoms with Crippen LogP contribution in [0, 0.1) is 0 Å². The molecule has 0 saturated carbocycles. The lowest BCUT2D eigenvalue weighted by atomic mass is 9.86. The maximum Gasteiger partial charge on any atom is 0.404 e. The number of aliphatic hydroxyl groups excluding tert-OH is 1. The van der Waals surface area contributed by atoms with Crippen LogP contribution in [-0.2, 0) is 18.4 Å². The van der Waals surface area contributed by atoms with Gasteiger partial charge in [0.15, 0.2) is 0 Å². The van der Waals surface area contributed by atoms with Crippen molar-refractivity contribution < 1.29 is 15.0 Å². The van der Waals surface area contributed by atoms with E-state index in [1.54, 1.807) is 0 Å². The van der Waals surface area contributed by atoms with Crippen molar-refractivity contribution in [1.29, 1.82) is 0 Å². The van der Waals surface area contributed by atoms with Crippen molar-refractivity contribution in [2.24, 2.45) is 0 Å². The molecule has 0 aliphatic heterocycles. The van der Waals surface area contributed by atoms with E-state index in [1.807, 2.05) is 42.5 Å². The minimum Gasteiger partial charge on any atom is -0.465 e. The first kappa shape index (κ1) is 20.9. The lowest BCUT2D eigenvalue weighted by Crippen LogP contribution is -2.48. The summed E-state index contributed by atoms with van der Waals surface area (Å²) in [5.41, 5.74) is 3.47. The average Bonchev–Trinajstić information content (AvgIpc) is 2.61. The first-order valence-corrected chi connectivity index (χ1v) is 9.27. The van der Waals surface area contributed by atoms with Crippen molar-refractivity contribution in [1.82, 2.24) is 10.6 Å². The molecule has 0 radical (unpaired) electrons. The topological polar surface area (TPSA) is 81.6 Å². The fourth-order valence-corrected chi connectivity index (χ4v) is 2.96. The molecule has 2 atom stereocenters. The number of amides is 1. The Morgan fingerprint density at radius 1 is 1.04 bits per heavy atom. The van der Waals surface area contributed by atoms with Gasteiger partial charge in [0.2, 0.25) is 0 Å². The summed E-state index contributed by atoms with van der Waals surface area (Å²) in [6.45, 7) is 7.45. The van der Waals surface area contributed by atoms with E-state index in [2.05, 4.69) is 43.5 Å². The highest BCUT2D eigenvalue weighted by molar-refractivity contribution is 5.65. The Labute approximate surface area is 161 Å². The predicted molar refractivity (Wildman–Crippen MR) is 108 cm³/mol. The maximum atomic E-state index is 11.1. The fraction of sp³-hybridized carbons (Fsp3) is 0.409. The van der Waals surface area contributed by atoms with Crippen LogP contribution in [0.5, 0.6) is 0 Å². The second-order valence-electron chi connectivity index (χ2n) is 7.89. The Kier molecular flexibility index (Phi) is 7.39. The standard InChI is InChI=1S/C22H30N2O3/c1-22(2,3)18-11-7-10-17(12-18)14-23-15-20(25)19(24-21(26)27)13-16-8-5-4-6-9-16/h4-12,19-20,23-25H,13-15H2,1-3H3,(H,26,27)/t19-,20+/m0/s1. The molecule has 5 nitrogen and oxygen atoms in total. The molecule has 27 heavy (non-hydrogen) atoms. The van der Waals surface area contributed by atoms with Gasteiger partial charge in [-0.05, 0) is 28.5 Å². The highest BCUT2D eigenvalue weighted by Crippen LogP contribution is 2.22. The molecule has 5 heteroatoms. The quantitative estimate of drug-likeness (QED) is 0.575. The lowest BCUT2D eigenvalue weighted by Gasteiger charge is -2.24. The number of benzene rings is 2. The van der Waals surface area contributed by atoms with Crippen molar-refractivity contribution in [3.63, 3.8) is 0 Å². The van der Waals surface area contributed by atoms with E-state index < -0.39 is 18.2 Å². The zero-order valence-electron chi connectivity index (χ0n) is 16.3. The normalized spacial score (nSPS) is 13.8. The van der Waals surface area contributed by atoms with Gasteiger partial charge in [0.25, 0.3) is 0 Å². The molecular formula is C22H30N2O3. The van der Waals surface area contributed by atoms with Crippen LogP contribution < -0.4 is 10.6 Å². The van der Waals surface area contributed by atoms with Crippen molar-refractivity contribution in [2.45, 2.75) is 51.3 Å². The molecule has 146 valence electrons. The van der Waals surface area contributed by atoms with Crippen LogP contribution in [0.15, 0.2) is 54.6 Å². The number of hydrogen-bond acceptors (Lipinski definition) is 3.